The van der Waals surface area contributed by atoms with Gasteiger partial charge in [-0.1, -0.05) is 23.9 Å². The number of nitrogens with two attached hydrogens (primary N) is 1. The van der Waals surface area contributed by atoms with Crippen molar-refractivity contribution in [3.05, 3.63) is 41.7 Å². The molecule has 16 heavy (non-hydrogen) atoms. The number of hydrogen-bond donors (Lipinski definition) is 1. The SMILES string of the molecule is Cc1ccc(C)c(Sc2cc(N)ncn2)c1. The van der Waals surface area contributed by atoms with E-state index in [0.717, 1.165) is 5.03 Å². The third kappa shape index (κ3) is 2.52. The fourth-order valence-electron chi connectivity index (χ4n) is 1.34. The lowest BCUT2D eigenvalue weighted by Gasteiger charge is -2.06. The van der Waals surface area contributed by atoms with Crippen molar-refractivity contribution in [3.63, 3.8) is 0 Å². The highest BCUT2D eigenvalue weighted by molar-refractivity contribution is 7.99. The van der Waals surface area contributed by atoms with Crippen LogP contribution in [0, 0.1) is 13.8 Å². The molecule has 0 fully saturated rings. The normalized spacial score (nSPS) is 10.4. The molecular formula is C12H13N3S. The van der Waals surface area contributed by atoms with Crippen LogP contribution in [-0.2, 0) is 0 Å². The maximum absolute atomic E-state index is 5.62. The summed E-state index contributed by atoms with van der Waals surface area (Å²) in [7, 11) is 0. The average molecular weight is 231 g/mol. The Hall–Kier alpha value is -1.55. The molecule has 2 aromatic rings. The van der Waals surface area contributed by atoms with Crippen LogP contribution in [0.3, 0.4) is 0 Å². The summed E-state index contributed by atoms with van der Waals surface area (Å²) < 4.78 is 0. The van der Waals surface area contributed by atoms with Gasteiger partial charge in [0.05, 0.1) is 0 Å². The van der Waals surface area contributed by atoms with Gasteiger partial charge in [0.2, 0.25) is 0 Å². The summed E-state index contributed by atoms with van der Waals surface area (Å²) >= 11 is 1.61. The molecule has 0 amide bonds. The molecular weight excluding hydrogens is 218 g/mol. The van der Waals surface area contributed by atoms with Gasteiger partial charge in [0, 0.05) is 11.0 Å². The number of nitrogens with zero attached hydrogens (tertiary/aromatic N) is 2. The van der Waals surface area contributed by atoms with Crippen molar-refractivity contribution in [3.8, 4) is 0 Å². The molecule has 0 atom stereocenters. The second kappa shape index (κ2) is 4.53. The Bertz CT molecular complexity index is 511. The van der Waals surface area contributed by atoms with Crippen LogP contribution >= 0.6 is 11.8 Å². The predicted octanol–water partition coefficient (Wildman–Crippen LogP) is 2.83. The van der Waals surface area contributed by atoms with E-state index in [4.69, 9.17) is 5.73 Å². The summed E-state index contributed by atoms with van der Waals surface area (Å²) in [5.74, 6) is 0.503. The smallest absolute Gasteiger partial charge is 0.127 e. The largest absolute Gasteiger partial charge is 0.384 e. The molecule has 1 heterocycles. The van der Waals surface area contributed by atoms with Crippen molar-refractivity contribution in [1.82, 2.24) is 9.97 Å². The first-order valence-corrected chi connectivity index (χ1v) is 5.79. The van der Waals surface area contributed by atoms with Crippen molar-refractivity contribution in [2.24, 2.45) is 0 Å². The molecule has 3 nitrogen and oxygen atoms in total. The van der Waals surface area contributed by atoms with Crippen LogP contribution in [0.5, 0.6) is 0 Å². The van der Waals surface area contributed by atoms with Crippen LogP contribution in [0.25, 0.3) is 0 Å². The standard InChI is InChI=1S/C12H13N3S/c1-8-3-4-9(2)10(5-8)16-12-6-11(13)14-7-15-12/h3-7H,1-2H3,(H2,13,14,15). The van der Waals surface area contributed by atoms with Crippen LogP contribution in [0.4, 0.5) is 5.82 Å². The Morgan fingerprint density at radius 3 is 2.69 bits per heavy atom. The number of rotatable bonds is 2. The first-order chi connectivity index (χ1) is 7.65. The van der Waals surface area contributed by atoms with Crippen LogP contribution in [0.2, 0.25) is 0 Å². The number of anilines is 1. The molecule has 0 saturated carbocycles. The molecule has 1 aromatic heterocycles. The average Bonchev–Trinajstić information content (AvgIpc) is 2.24. The van der Waals surface area contributed by atoms with Crippen LogP contribution in [0.1, 0.15) is 11.1 Å². The molecule has 0 aliphatic carbocycles. The summed E-state index contributed by atoms with van der Waals surface area (Å²) in [5, 5.41) is 0.876. The van der Waals surface area contributed by atoms with Gasteiger partial charge in [-0.2, -0.15) is 0 Å². The Kier molecular flexibility index (Phi) is 3.10. The number of aromatic nitrogens is 2. The molecule has 2 rings (SSSR count). The van der Waals surface area contributed by atoms with Crippen molar-refractivity contribution in [2.45, 2.75) is 23.8 Å². The lowest BCUT2D eigenvalue weighted by Crippen LogP contribution is -1.91. The van der Waals surface area contributed by atoms with E-state index >= 15 is 0 Å². The fourth-order valence-corrected chi connectivity index (χ4v) is 2.32. The highest BCUT2D eigenvalue weighted by Crippen LogP contribution is 2.29. The van der Waals surface area contributed by atoms with Crippen molar-refractivity contribution < 1.29 is 0 Å². The second-order valence-electron chi connectivity index (χ2n) is 3.65. The highest BCUT2D eigenvalue weighted by Gasteiger charge is 2.03. The quantitative estimate of drug-likeness (QED) is 0.807. The van der Waals surface area contributed by atoms with Gasteiger partial charge in [-0.05, 0) is 31.0 Å². The topological polar surface area (TPSA) is 51.8 Å². The molecule has 0 unspecified atom stereocenters. The molecule has 1 aromatic carbocycles. The molecule has 4 heteroatoms. The zero-order valence-corrected chi connectivity index (χ0v) is 10.1. The van der Waals surface area contributed by atoms with Gasteiger partial charge < -0.3 is 5.73 Å². The van der Waals surface area contributed by atoms with Gasteiger partial charge in [-0.25, -0.2) is 9.97 Å². The lowest BCUT2D eigenvalue weighted by atomic mass is 10.2. The molecule has 82 valence electrons. The van der Waals surface area contributed by atoms with Gasteiger partial charge in [-0.15, -0.1) is 0 Å². The maximum atomic E-state index is 5.62. The number of benzene rings is 1. The lowest BCUT2D eigenvalue weighted by molar-refractivity contribution is 1.05. The molecule has 2 N–H and O–H groups in total. The van der Waals surface area contributed by atoms with E-state index in [1.54, 1.807) is 17.8 Å². The maximum Gasteiger partial charge on any atom is 0.127 e. The number of nitrogen functional groups attached to an aromatic ring is 1. The van der Waals surface area contributed by atoms with Crippen molar-refractivity contribution in [2.75, 3.05) is 5.73 Å². The van der Waals surface area contributed by atoms with E-state index in [0.29, 0.717) is 5.82 Å². The minimum absolute atomic E-state index is 0.503. The Morgan fingerprint density at radius 1 is 1.12 bits per heavy atom. The van der Waals surface area contributed by atoms with Gasteiger partial charge in [0.1, 0.15) is 17.2 Å². The Balaban J connectivity index is 2.30. The monoisotopic (exact) mass is 231 g/mol. The summed E-state index contributed by atoms with van der Waals surface area (Å²) in [6.07, 6.45) is 1.49. The molecule has 0 spiro atoms. The van der Waals surface area contributed by atoms with Gasteiger partial charge in [0.15, 0.2) is 0 Å². The summed E-state index contributed by atoms with van der Waals surface area (Å²) in [6, 6.07) is 8.15. The van der Waals surface area contributed by atoms with Gasteiger partial charge >= 0.3 is 0 Å². The highest BCUT2D eigenvalue weighted by atomic mass is 32.2. The van der Waals surface area contributed by atoms with Crippen molar-refractivity contribution in [1.29, 1.82) is 0 Å². The Morgan fingerprint density at radius 2 is 1.94 bits per heavy atom. The van der Waals surface area contributed by atoms with E-state index in [9.17, 15) is 0 Å². The molecule has 0 aliphatic rings. The summed E-state index contributed by atoms with van der Waals surface area (Å²) in [4.78, 5) is 9.26. The Labute approximate surface area is 99.1 Å². The van der Waals surface area contributed by atoms with E-state index in [1.807, 2.05) is 0 Å². The van der Waals surface area contributed by atoms with E-state index in [-0.39, 0.29) is 0 Å². The number of hydrogen-bond acceptors (Lipinski definition) is 4. The molecule has 0 radical (unpaired) electrons. The zero-order valence-electron chi connectivity index (χ0n) is 9.27. The predicted molar refractivity (Wildman–Crippen MR) is 66.5 cm³/mol. The van der Waals surface area contributed by atoms with E-state index < -0.39 is 0 Å². The zero-order chi connectivity index (χ0) is 11.5. The summed E-state index contributed by atoms with van der Waals surface area (Å²) in [6.45, 7) is 4.17. The van der Waals surface area contributed by atoms with Crippen LogP contribution < -0.4 is 5.73 Å². The van der Waals surface area contributed by atoms with Gasteiger partial charge in [0.25, 0.3) is 0 Å². The third-order valence-electron chi connectivity index (χ3n) is 2.22. The molecule has 0 saturated heterocycles. The third-order valence-corrected chi connectivity index (χ3v) is 3.31. The van der Waals surface area contributed by atoms with Crippen LogP contribution in [-0.4, -0.2) is 9.97 Å². The second-order valence-corrected chi connectivity index (χ2v) is 4.71. The molecule has 0 aliphatic heterocycles. The minimum atomic E-state index is 0.503. The fraction of sp³-hybridized carbons (Fsp3) is 0.167. The molecule has 0 bridgehead atoms. The first-order valence-electron chi connectivity index (χ1n) is 4.98. The van der Waals surface area contributed by atoms with Crippen molar-refractivity contribution >= 4 is 17.6 Å². The van der Waals surface area contributed by atoms with Gasteiger partial charge in [-0.3, -0.25) is 0 Å². The summed E-state index contributed by atoms with van der Waals surface area (Å²) in [5.41, 5.74) is 8.10. The van der Waals surface area contributed by atoms with E-state index in [1.165, 1.54) is 22.3 Å². The first kappa shape index (κ1) is 11.0. The number of aryl methyl sites for hydroxylation is 2. The van der Waals surface area contributed by atoms with E-state index in [2.05, 4.69) is 42.0 Å². The minimum Gasteiger partial charge on any atom is -0.384 e. The van der Waals surface area contributed by atoms with Crippen LogP contribution in [0.15, 0.2) is 40.5 Å².